The number of aliphatic hydroxyl groups excluding tert-OH is 1. The maximum absolute atomic E-state index is 13.2. The first-order valence-corrected chi connectivity index (χ1v) is 9.04. The molecule has 3 N–H and O–H groups in total. The van der Waals surface area contributed by atoms with Gasteiger partial charge in [0.25, 0.3) is 0 Å². The summed E-state index contributed by atoms with van der Waals surface area (Å²) in [5, 5.41) is 16.3. The van der Waals surface area contributed by atoms with E-state index in [0.717, 1.165) is 50.2 Å². The smallest absolute Gasteiger partial charge is 0.191 e. The van der Waals surface area contributed by atoms with Crippen LogP contribution in [-0.4, -0.2) is 36.3 Å². The summed E-state index contributed by atoms with van der Waals surface area (Å²) >= 11 is 3.21. The van der Waals surface area contributed by atoms with Crippen molar-refractivity contribution < 1.29 is 9.50 Å². The van der Waals surface area contributed by atoms with Gasteiger partial charge in [-0.15, -0.1) is 0 Å². The van der Waals surface area contributed by atoms with Crippen molar-refractivity contribution in [3.63, 3.8) is 0 Å². The SMILES string of the molecule is CCNC(=NCCc1ccc(F)c(Br)c1)NC1CCC(O)CC1. The van der Waals surface area contributed by atoms with E-state index in [4.69, 9.17) is 0 Å². The zero-order chi connectivity index (χ0) is 16.7. The van der Waals surface area contributed by atoms with E-state index in [1.54, 1.807) is 12.1 Å². The molecule has 0 atom stereocenters. The second-order valence-electron chi connectivity index (χ2n) is 5.91. The highest BCUT2D eigenvalue weighted by atomic mass is 79.9. The van der Waals surface area contributed by atoms with Crippen molar-refractivity contribution in [3.05, 3.63) is 34.1 Å². The maximum atomic E-state index is 13.2. The molecule has 128 valence electrons. The number of nitrogens with one attached hydrogen (secondary N) is 2. The summed E-state index contributed by atoms with van der Waals surface area (Å²) in [5.74, 6) is 0.571. The Labute approximate surface area is 145 Å². The molecule has 0 heterocycles. The summed E-state index contributed by atoms with van der Waals surface area (Å²) in [4.78, 5) is 4.60. The molecule has 1 saturated carbocycles. The van der Waals surface area contributed by atoms with Gasteiger partial charge in [-0.1, -0.05) is 6.07 Å². The van der Waals surface area contributed by atoms with E-state index in [0.29, 0.717) is 17.1 Å². The molecular weight excluding hydrogens is 361 g/mol. The van der Waals surface area contributed by atoms with Crippen LogP contribution in [0.3, 0.4) is 0 Å². The maximum Gasteiger partial charge on any atom is 0.191 e. The summed E-state index contributed by atoms with van der Waals surface area (Å²) in [5.41, 5.74) is 1.05. The van der Waals surface area contributed by atoms with Gasteiger partial charge < -0.3 is 15.7 Å². The quantitative estimate of drug-likeness (QED) is 0.539. The van der Waals surface area contributed by atoms with Crippen molar-refractivity contribution >= 4 is 21.9 Å². The van der Waals surface area contributed by atoms with Crippen LogP contribution in [0.2, 0.25) is 0 Å². The molecule has 6 heteroatoms. The Morgan fingerprint density at radius 3 is 2.74 bits per heavy atom. The summed E-state index contributed by atoms with van der Waals surface area (Å²) in [6.07, 6.45) is 4.25. The minimum atomic E-state index is -0.244. The van der Waals surface area contributed by atoms with E-state index in [1.807, 2.05) is 6.92 Å². The van der Waals surface area contributed by atoms with Crippen molar-refractivity contribution in [1.29, 1.82) is 0 Å². The summed E-state index contributed by atoms with van der Waals surface area (Å²) in [7, 11) is 0. The van der Waals surface area contributed by atoms with Crippen molar-refractivity contribution in [2.45, 2.75) is 51.2 Å². The Morgan fingerprint density at radius 1 is 1.35 bits per heavy atom. The van der Waals surface area contributed by atoms with Crippen LogP contribution >= 0.6 is 15.9 Å². The average molecular weight is 386 g/mol. The van der Waals surface area contributed by atoms with Gasteiger partial charge in [0, 0.05) is 19.1 Å². The van der Waals surface area contributed by atoms with Gasteiger partial charge in [-0.05, 0) is 72.7 Å². The standard InChI is InChI=1S/C17H25BrFN3O/c1-2-20-17(22-13-4-6-14(23)7-5-13)21-10-9-12-3-8-16(19)15(18)11-12/h3,8,11,13-14,23H,2,4-7,9-10H2,1H3,(H2,20,21,22). The molecule has 0 radical (unpaired) electrons. The van der Waals surface area contributed by atoms with Crippen molar-refractivity contribution in [2.24, 2.45) is 4.99 Å². The van der Waals surface area contributed by atoms with E-state index in [1.165, 1.54) is 6.07 Å². The first-order chi connectivity index (χ1) is 11.1. The molecule has 1 aliphatic rings. The number of halogens is 2. The van der Waals surface area contributed by atoms with E-state index < -0.39 is 0 Å². The van der Waals surface area contributed by atoms with E-state index >= 15 is 0 Å². The molecule has 0 aliphatic heterocycles. The lowest BCUT2D eigenvalue weighted by Gasteiger charge is -2.27. The minimum absolute atomic E-state index is 0.149. The third kappa shape index (κ3) is 6.11. The number of aliphatic hydroxyl groups is 1. The molecule has 0 unspecified atom stereocenters. The molecule has 0 amide bonds. The number of hydrogen-bond donors (Lipinski definition) is 3. The van der Waals surface area contributed by atoms with E-state index in [9.17, 15) is 9.50 Å². The summed E-state index contributed by atoms with van der Waals surface area (Å²) < 4.78 is 13.7. The molecule has 0 saturated heterocycles. The van der Waals surface area contributed by atoms with Gasteiger partial charge >= 0.3 is 0 Å². The van der Waals surface area contributed by atoms with Crippen LogP contribution in [0.1, 0.15) is 38.2 Å². The minimum Gasteiger partial charge on any atom is -0.393 e. The summed E-state index contributed by atoms with van der Waals surface area (Å²) in [6.45, 7) is 3.49. The number of guanidine groups is 1. The molecule has 1 aromatic carbocycles. The number of hydrogen-bond acceptors (Lipinski definition) is 2. The van der Waals surface area contributed by atoms with Gasteiger partial charge in [0.05, 0.1) is 10.6 Å². The molecule has 2 rings (SSSR count). The summed E-state index contributed by atoms with van der Waals surface area (Å²) in [6, 6.07) is 5.43. The number of aliphatic imine (C=N–C) groups is 1. The molecule has 1 fully saturated rings. The second-order valence-corrected chi connectivity index (χ2v) is 6.76. The van der Waals surface area contributed by atoms with Gasteiger partial charge in [0.15, 0.2) is 5.96 Å². The van der Waals surface area contributed by atoms with Crippen LogP contribution in [0, 0.1) is 5.82 Å². The predicted octanol–water partition coefficient (Wildman–Crippen LogP) is 2.99. The van der Waals surface area contributed by atoms with E-state index in [-0.39, 0.29) is 11.9 Å². The first kappa shape index (κ1) is 18.2. The van der Waals surface area contributed by atoms with Gasteiger partial charge in [-0.2, -0.15) is 0 Å². The van der Waals surface area contributed by atoms with Gasteiger partial charge in [-0.3, -0.25) is 4.99 Å². The zero-order valence-electron chi connectivity index (χ0n) is 13.5. The fourth-order valence-corrected chi connectivity index (χ4v) is 3.15. The van der Waals surface area contributed by atoms with Gasteiger partial charge in [0.1, 0.15) is 5.82 Å². The Bertz CT molecular complexity index is 531. The second kappa shape index (κ2) is 9.23. The monoisotopic (exact) mass is 385 g/mol. The molecule has 0 aromatic heterocycles. The van der Waals surface area contributed by atoms with Crippen LogP contribution in [0.5, 0.6) is 0 Å². The van der Waals surface area contributed by atoms with Gasteiger partial charge in [0.2, 0.25) is 0 Å². The third-order valence-electron chi connectivity index (χ3n) is 4.04. The molecule has 23 heavy (non-hydrogen) atoms. The Balaban J connectivity index is 1.86. The largest absolute Gasteiger partial charge is 0.393 e. The molecular formula is C17H25BrFN3O. The normalized spacial score (nSPS) is 22.0. The van der Waals surface area contributed by atoms with Crippen molar-refractivity contribution in [3.8, 4) is 0 Å². The number of benzene rings is 1. The molecule has 0 spiro atoms. The molecule has 1 aromatic rings. The fraction of sp³-hybridized carbons (Fsp3) is 0.588. The highest BCUT2D eigenvalue weighted by Gasteiger charge is 2.19. The van der Waals surface area contributed by atoms with Crippen LogP contribution < -0.4 is 10.6 Å². The van der Waals surface area contributed by atoms with E-state index in [2.05, 4.69) is 31.6 Å². The van der Waals surface area contributed by atoms with Crippen LogP contribution in [0.15, 0.2) is 27.7 Å². The van der Waals surface area contributed by atoms with Gasteiger partial charge in [-0.25, -0.2) is 4.39 Å². The average Bonchev–Trinajstić information content (AvgIpc) is 2.53. The zero-order valence-corrected chi connectivity index (χ0v) is 15.1. The highest BCUT2D eigenvalue weighted by Crippen LogP contribution is 2.18. The van der Waals surface area contributed by atoms with Crippen molar-refractivity contribution in [2.75, 3.05) is 13.1 Å². The van der Waals surface area contributed by atoms with Crippen LogP contribution in [-0.2, 0) is 6.42 Å². The lowest BCUT2D eigenvalue weighted by atomic mass is 9.93. The Morgan fingerprint density at radius 2 is 2.09 bits per heavy atom. The Hall–Kier alpha value is -1.14. The first-order valence-electron chi connectivity index (χ1n) is 8.25. The third-order valence-corrected chi connectivity index (χ3v) is 4.64. The molecule has 4 nitrogen and oxygen atoms in total. The lowest BCUT2D eigenvalue weighted by Crippen LogP contribution is -2.45. The number of rotatable bonds is 5. The lowest BCUT2D eigenvalue weighted by molar-refractivity contribution is 0.120. The topological polar surface area (TPSA) is 56.7 Å². The Kier molecular flexibility index (Phi) is 7.30. The van der Waals surface area contributed by atoms with Crippen LogP contribution in [0.4, 0.5) is 4.39 Å². The van der Waals surface area contributed by atoms with Crippen LogP contribution in [0.25, 0.3) is 0 Å². The fourth-order valence-electron chi connectivity index (χ4n) is 2.73. The molecule has 1 aliphatic carbocycles. The predicted molar refractivity (Wildman–Crippen MR) is 95.2 cm³/mol. The number of nitrogens with zero attached hydrogens (tertiary/aromatic N) is 1. The highest BCUT2D eigenvalue weighted by molar-refractivity contribution is 9.10. The molecule has 0 bridgehead atoms. The van der Waals surface area contributed by atoms with Crippen molar-refractivity contribution in [1.82, 2.24) is 10.6 Å².